The zero-order chi connectivity index (χ0) is 19.7. The molecule has 28 heavy (non-hydrogen) atoms. The standard InChI is InChI=1S/C23H31ClN2O2/c1-17-14-26(15-18(2)28-17)22(27)21-13-23(21)8-10-25(11-9-23)16-20(24)12-19-6-4-3-5-7-19/h3-7,12,17-18,21H,8-11,13-16H2,1-2H3/b20-12-/t17-,18+,21?. The van der Waals surface area contributed by atoms with Crippen LogP contribution in [0.5, 0.6) is 0 Å². The van der Waals surface area contributed by atoms with E-state index in [-0.39, 0.29) is 23.5 Å². The second-order valence-electron chi connectivity index (χ2n) is 8.90. The summed E-state index contributed by atoms with van der Waals surface area (Å²) in [6.45, 7) is 8.44. The van der Waals surface area contributed by atoms with Crippen molar-refractivity contribution in [1.82, 2.24) is 9.80 Å². The van der Waals surface area contributed by atoms with E-state index in [0.717, 1.165) is 62.6 Å². The molecule has 0 radical (unpaired) electrons. The zero-order valence-electron chi connectivity index (χ0n) is 16.9. The Bertz CT molecular complexity index is 717. The van der Waals surface area contributed by atoms with Gasteiger partial charge in [0.05, 0.1) is 12.2 Å². The summed E-state index contributed by atoms with van der Waals surface area (Å²) < 4.78 is 5.78. The van der Waals surface area contributed by atoms with Crippen molar-refractivity contribution in [2.75, 3.05) is 32.7 Å². The maximum Gasteiger partial charge on any atom is 0.226 e. The number of carbonyl (C=O) groups is 1. The number of ether oxygens (including phenoxy) is 1. The molecule has 1 aromatic carbocycles. The zero-order valence-corrected chi connectivity index (χ0v) is 17.7. The number of hydrogen-bond acceptors (Lipinski definition) is 3. The molecule has 3 fully saturated rings. The number of rotatable bonds is 4. The summed E-state index contributed by atoms with van der Waals surface area (Å²) in [6, 6.07) is 10.2. The van der Waals surface area contributed by atoms with Gasteiger partial charge in [0.15, 0.2) is 0 Å². The van der Waals surface area contributed by atoms with Gasteiger partial charge in [-0.15, -0.1) is 0 Å². The molecule has 2 saturated heterocycles. The molecule has 4 nitrogen and oxygen atoms in total. The summed E-state index contributed by atoms with van der Waals surface area (Å²) in [6.07, 6.45) is 5.61. The van der Waals surface area contributed by atoms with Gasteiger partial charge in [-0.05, 0) is 63.3 Å². The molecule has 0 N–H and O–H groups in total. The highest BCUT2D eigenvalue weighted by atomic mass is 35.5. The summed E-state index contributed by atoms with van der Waals surface area (Å²) in [7, 11) is 0. The molecule has 3 atom stereocenters. The van der Waals surface area contributed by atoms with Crippen molar-refractivity contribution in [2.45, 2.75) is 45.3 Å². The van der Waals surface area contributed by atoms with Crippen LogP contribution in [0.3, 0.4) is 0 Å². The van der Waals surface area contributed by atoms with E-state index in [1.54, 1.807) is 0 Å². The van der Waals surface area contributed by atoms with Gasteiger partial charge in [0.25, 0.3) is 0 Å². The summed E-state index contributed by atoms with van der Waals surface area (Å²) in [5.41, 5.74) is 1.39. The average molecular weight is 403 g/mol. The molecule has 3 aliphatic rings. The van der Waals surface area contributed by atoms with E-state index < -0.39 is 0 Å². The van der Waals surface area contributed by atoms with E-state index in [0.29, 0.717) is 5.91 Å². The van der Waals surface area contributed by atoms with Gasteiger partial charge >= 0.3 is 0 Å². The van der Waals surface area contributed by atoms with Gasteiger partial charge in [0.2, 0.25) is 5.91 Å². The summed E-state index contributed by atoms with van der Waals surface area (Å²) in [5, 5.41) is 0.877. The Morgan fingerprint density at radius 1 is 1.18 bits per heavy atom. The second kappa shape index (κ2) is 8.17. The molecule has 2 heterocycles. The lowest BCUT2D eigenvalue weighted by Crippen LogP contribution is -2.49. The maximum absolute atomic E-state index is 13.0. The number of piperidine rings is 1. The molecule has 1 unspecified atom stereocenters. The highest BCUT2D eigenvalue weighted by Crippen LogP contribution is 2.60. The molecule has 1 spiro atoms. The molecule has 1 amide bonds. The fourth-order valence-corrected chi connectivity index (χ4v) is 5.27. The number of benzene rings is 1. The minimum absolute atomic E-state index is 0.141. The number of hydrogen-bond donors (Lipinski definition) is 0. The van der Waals surface area contributed by atoms with Crippen molar-refractivity contribution in [2.24, 2.45) is 11.3 Å². The van der Waals surface area contributed by atoms with Crippen LogP contribution in [0.1, 0.15) is 38.7 Å². The summed E-state index contributed by atoms with van der Waals surface area (Å²) >= 11 is 6.49. The Morgan fingerprint density at radius 2 is 1.82 bits per heavy atom. The van der Waals surface area contributed by atoms with Crippen LogP contribution in [-0.2, 0) is 9.53 Å². The Hall–Kier alpha value is -1.36. The minimum atomic E-state index is 0.141. The average Bonchev–Trinajstić information content (AvgIpc) is 3.36. The lowest BCUT2D eigenvalue weighted by atomic mass is 9.90. The molecular formula is C23H31ClN2O2. The molecule has 1 saturated carbocycles. The summed E-state index contributed by atoms with van der Waals surface area (Å²) in [4.78, 5) is 17.5. The van der Waals surface area contributed by atoms with Crippen LogP contribution in [0, 0.1) is 11.3 Å². The van der Waals surface area contributed by atoms with Crippen molar-refractivity contribution in [3.63, 3.8) is 0 Å². The number of halogens is 1. The van der Waals surface area contributed by atoms with E-state index >= 15 is 0 Å². The molecule has 1 aliphatic carbocycles. The van der Waals surface area contributed by atoms with Gasteiger partial charge < -0.3 is 9.64 Å². The van der Waals surface area contributed by atoms with Crippen molar-refractivity contribution in [3.8, 4) is 0 Å². The van der Waals surface area contributed by atoms with E-state index in [2.05, 4.69) is 37.0 Å². The number of likely N-dealkylation sites (tertiary alicyclic amines) is 1. The molecule has 152 valence electrons. The van der Waals surface area contributed by atoms with Gasteiger partial charge in [0.1, 0.15) is 0 Å². The maximum atomic E-state index is 13.0. The lowest BCUT2D eigenvalue weighted by molar-refractivity contribution is -0.145. The first-order valence-corrected chi connectivity index (χ1v) is 10.9. The van der Waals surface area contributed by atoms with Crippen molar-refractivity contribution < 1.29 is 9.53 Å². The highest BCUT2D eigenvalue weighted by Gasteiger charge is 2.59. The monoisotopic (exact) mass is 402 g/mol. The fourth-order valence-electron chi connectivity index (χ4n) is 4.97. The van der Waals surface area contributed by atoms with Crippen molar-refractivity contribution in [1.29, 1.82) is 0 Å². The highest BCUT2D eigenvalue weighted by molar-refractivity contribution is 6.31. The van der Waals surface area contributed by atoms with E-state index in [1.807, 2.05) is 23.1 Å². The largest absolute Gasteiger partial charge is 0.372 e. The topological polar surface area (TPSA) is 32.8 Å². The quantitative estimate of drug-likeness (QED) is 0.762. The number of morpholine rings is 1. The van der Waals surface area contributed by atoms with Crippen molar-refractivity contribution >= 4 is 23.6 Å². The first-order chi connectivity index (χ1) is 13.4. The third-order valence-corrected chi connectivity index (χ3v) is 6.80. The Kier molecular flexibility index (Phi) is 5.82. The first kappa shape index (κ1) is 19.9. The molecule has 2 aliphatic heterocycles. The van der Waals surface area contributed by atoms with E-state index in [9.17, 15) is 4.79 Å². The van der Waals surface area contributed by atoms with Gasteiger partial charge in [-0.25, -0.2) is 0 Å². The molecule has 1 aromatic rings. The van der Waals surface area contributed by atoms with Crippen LogP contribution >= 0.6 is 11.6 Å². The van der Waals surface area contributed by atoms with Crippen LogP contribution in [0.4, 0.5) is 0 Å². The molecular weight excluding hydrogens is 372 g/mol. The smallest absolute Gasteiger partial charge is 0.226 e. The fraction of sp³-hybridized carbons (Fsp3) is 0.609. The van der Waals surface area contributed by atoms with Gasteiger partial charge in [-0.3, -0.25) is 9.69 Å². The van der Waals surface area contributed by atoms with Crippen LogP contribution in [0.25, 0.3) is 6.08 Å². The van der Waals surface area contributed by atoms with Gasteiger partial charge in [0, 0.05) is 30.6 Å². The summed E-state index contributed by atoms with van der Waals surface area (Å²) in [5.74, 6) is 0.583. The first-order valence-electron chi connectivity index (χ1n) is 10.5. The second-order valence-corrected chi connectivity index (χ2v) is 9.38. The third-order valence-electron chi connectivity index (χ3n) is 6.57. The lowest BCUT2D eigenvalue weighted by Gasteiger charge is -2.37. The third kappa shape index (κ3) is 4.45. The van der Waals surface area contributed by atoms with Crippen molar-refractivity contribution in [3.05, 3.63) is 40.9 Å². The Morgan fingerprint density at radius 3 is 2.46 bits per heavy atom. The predicted molar refractivity (Wildman–Crippen MR) is 113 cm³/mol. The normalized spacial score (nSPS) is 30.5. The number of carbonyl (C=O) groups excluding carboxylic acids is 1. The SMILES string of the molecule is C[C@@H]1CN(C(=O)C2CC23CCN(C/C(Cl)=C/c2ccccc2)CC3)C[C@H](C)O1. The van der Waals surface area contributed by atoms with Crippen LogP contribution in [-0.4, -0.2) is 60.6 Å². The predicted octanol–water partition coefficient (Wildman–Crippen LogP) is 4.00. The van der Waals surface area contributed by atoms with E-state index in [1.165, 1.54) is 0 Å². The minimum Gasteiger partial charge on any atom is -0.372 e. The number of nitrogens with zero attached hydrogens (tertiary/aromatic N) is 2. The van der Waals surface area contributed by atoms with Gasteiger partial charge in [-0.1, -0.05) is 41.9 Å². The molecule has 0 aromatic heterocycles. The number of amides is 1. The van der Waals surface area contributed by atoms with Crippen LogP contribution in [0.15, 0.2) is 35.4 Å². The molecule has 0 bridgehead atoms. The van der Waals surface area contributed by atoms with Gasteiger partial charge in [-0.2, -0.15) is 0 Å². The molecule has 4 rings (SSSR count). The molecule has 5 heteroatoms. The Balaban J connectivity index is 1.28. The van der Waals surface area contributed by atoms with Crippen LogP contribution in [0.2, 0.25) is 0 Å². The Labute approximate surface area is 173 Å². The van der Waals surface area contributed by atoms with E-state index in [4.69, 9.17) is 16.3 Å². The van der Waals surface area contributed by atoms with Crippen LogP contribution < -0.4 is 0 Å².